The molecule has 1 fully saturated rings. The molecule has 2 aromatic rings. The van der Waals surface area contributed by atoms with Crippen molar-refractivity contribution in [2.45, 2.75) is 25.2 Å². The van der Waals surface area contributed by atoms with Gasteiger partial charge in [0.1, 0.15) is 5.82 Å². The molecule has 0 radical (unpaired) electrons. The van der Waals surface area contributed by atoms with E-state index in [1.165, 1.54) is 12.8 Å². The van der Waals surface area contributed by atoms with Crippen molar-refractivity contribution >= 4 is 22.8 Å². The zero-order valence-electron chi connectivity index (χ0n) is 10.2. The fraction of sp³-hybridized carbons (Fsp3) is 0.462. The number of halogens is 1. The van der Waals surface area contributed by atoms with Crippen LogP contribution in [-0.4, -0.2) is 22.5 Å². The van der Waals surface area contributed by atoms with Gasteiger partial charge in [-0.2, -0.15) is 0 Å². The van der Waals surface area contributed by atoms with Crippen LogP contribution in [0.2, 0.25) is 5.15 Å². The number of hydrogen-bond donors (Lipinski definition) is 2. The number of nitrogens with zero attached hydrogens (tertiary/aromatic N) is 2. The SMILES string of the molecule is Nc1ccc2c(Cl)nc(C3CCCCNC3)n2c1. The Balaban J connectivity index is 2.07. The lowest BCUT2D eigenvalue weighted by molar-refractivity contribution is 0.576. The molecule has 1 unspecified atom stereocenters. The van der Waals surface area contributed by atoms with Crippen LogP contribution in [0.15, 0.2) is 18.3 Å². The molecule has 3 N–H and O–H groups in total. The van der Waals surface area contributed by atoms with Gasteiger partial charge in [-0.05, 0) is 31.5 Å². The fourth-order valence-corrected chi connectivity index (χ4v) is 2.85. The number of fused-ring (bicyclic) bond motifs is 1. The van der Waals surface area contributed by atoms with E-state index in [4.69, 9.17) is 17.3 Å². The number of nitrogens with two attached hydrogens (primary N) is 1. The lowest BCUT2D eigenvalue weighted by Gasteiger charge is -2.13. The van der Waals surface area contributed by atoms with Crippen molar-refractivity contribution in [2.24, 2.45) is 0 Å². The second kappa shape index (κ2) is 4.78. The maximum Gasteiger partial charge on any atom is 0.155 e. The largest absolute Gasteiger partial charge is 0.398 e. The van der Waals surface area contributed by atoms with Crippen molar-refractivity contribution in [3.8, 4) is 0 Å². The third-order valence-electron chi connectivity index (χ3n) is 3.55. The van der Waals surface area contributed by atoms with Crippen LogP contribution in [0.1, 0.15) is 31.0 Å². The maximum absolute atomic E-state index is 6.20. The molecular formula is C13H17ClN4. The van der Waals surface area contributed by atoms with E-state index in [2.05, 4.69) is 10.3 Å². The van der Waals surface area contributed by atoms with E-state index in [1.54, 1.807) is 0 Å². The van der Waals surface area contributed by atoms with E-state index in [1.807, 2.05) is 22.7 Å². The van der Waals surface area contributed by atoms with Gasteiger partial charge in [-0.15, -0.1) is 0 Å². The van der Waals surface area contributed by atoms with Gasteiger partial charge in [0, 0.05) is 24.3 Å². The van der Waals surface area contributed by atoms with Crippen LogP contribution in [0.25, 0.3) is 5.52 Å². The predicted octanol–water partition coefficient (Wildman–Crippen LogP) is 2.43. The highest BCUT2D eigenvalue weighted by atomic mass is 35.5. The van der Waals surface area contributed by atoms with Crippen molar-refractivity contribution in [3.05, 3.63) is 29.3 Å². The zero-order chi connectivity index (χ0) is 12.5. The Bertz CT molecular complexity index is 555. The van der Waals surface area contributed by atoms with Gasteiger partial charge in [0.2, 0.25) is 0 Å². The summed E-state index contributed by atoms with van der Waals surface area (Å²) in [6, 6.07) is 3.79. The Labute approximate surface area is 111 Å². The van der Waals surface area contributed by atoms with Crippen LogP contribution in [0.5, 0.6) is 0 Å². The van der Waals surface area contributed by atoms with Gasteiger partial charge >= 0.3 is 0 Å². The third-order valence-corrected chi connectivity index (χ3v) is 3.83. The molecule has 3 rings (SSSR count). The number of rotatable bonds is 1. The summed E-state index contributed by atoms with van der Waals surface area (Å²) in [6.45, 7) is 2.06. The molecule has 96 valence electrons. The molecule has 0 bridgehead atoms. The minimum atomic E-state index is 0.411. The van der Waals surface area contributed by atoms with Gasteiger partial charge < -0.3 is 11.1 Å². The van der Waals surface area contributed by atoms with Gasteiger partial charge in [-0.1, -0.05) is 18.0 Å². The molecule has 1 saturated heterocycles. The summed E-state index contributed by atoms with van der Waals surface area (Å²) < 4.78 is 2.04. The molecule has 0 saturated carbocycles. The maximum atomic E-state index is 6.20. The number of aromatic nitrogens is 2. The van der Waals surface area contributed by atoms with Crippen LogP contribution >= 0.6 is 11.6 Å². The molecule has 18 heavy (non-hydrogen) atoms. The fourth-order valence-electron chi connectivity index (χ4n) is 2.61. The lowest BCUT2D eigenvalue weighted by Crippen LogP contribution is -2.20. The number of hydrogen-bond acceptors (Lipinski definition) is 3. The van der Waals surface area contributed by atoms with Gasteiger partial charge in [0.05, 0.1) is 5.52 Å². The van der Waals surface area contributed by atoms with Crippen LogP contribution < -0.4 is 11.1 Å². The zero-order valence-corrected chi connectivity index (χ0v) is 11.0. The first-order valence-corrected chi connectivity index (χ1v) is 6.77. The molecule has 4 nitrogen and oxygen atoms in total. The van der Waals surface area contributed by atoms with Crippen molar-refractivity contribution in [1.29, 1.82) is 0 Å². The molecule has 1 aliphatic rings. The summed E-state index contributed by atoms with van der Waals surface area (Å²) in [6.07, 6.45) is 5.52. The van der Waals surface area contributed by atoms with Crippen LogP contribution in [0.3, 0.4) is 0 Å². The van der Waals surface area contributed by atoms with Crippen LogP contribution in [-0.2, 0) is 0 Å². The molecule has 5 heteroatoms. The van der Waals surface area contributed by atoms with Gasteiger partial charge in [0.25, 0.3) is 0 Å². The summed E-state index contributed by atoms with van der Waals surface area (Å²) in [5, 5.41) is 4.02. The normalized spacial score (nSPS) is 21.1. The number of nitrogens with one attached hydrogen (secondary N) is 1. The smallest absolute Gasteiger partial charge is 0.155 e. The average molecular weight is 265 g/mol. The predicted molar refractivity (Wildman–Crippen MR) is 74.1 cm³/mol. The van der Waals surface area contributed by atoms with E-state index < -0.39 is 0 Å². The van der Waals surface area contributed by atoms with Crippen LogP contribution in [0, 0.1) is 0 Å². The highest BCUT2D eigenvalue weighted by molar-refractivity contribution is 6.32. The Morgan fingerprint density at radius 1 is 1.39 bits per heavy atom. The van der Waals surface area contributed by atoms with E-state index in [0.29, 0.717) is 11.1 Å². The topological polar surface area (TPSA) is 55.3 Å². The lowest BCUT2D eigenvalue weighted by atomic mass is 10.0. The van der Waals surface area contributed by atoms with Gasteiger partial charge in [-0.25, -0.2) is 4.98 Å². The van der Waals surface area contributed by atoms with E-state index >= 15 is 0 Å². The standard InChI is InChI=1S/C13H17ClN4/c14-12-11-5-4-10(15)8-18(11)13(17-12)9-3-1-2-6-16-7-9/h4-5,8-9,16H,1-3,6-7,15H2. The molecule has 0 spiro atoms. The van der Waals surface area contributed by atoms with E-state index in [-0.39, 0.29) is 0 Å². The second-order valence-corrected chi connectivity index (χ2v) is 5.23. The van der Waals surface area contributed by atoms with E-state index in [9.17, 15) is 0 Å². The first-order valence-electron chi connectivity index (χ1n) is 6.39. The summed E-state index contributed by atoms with van der Waals surface area (Å²) in [7, 11) is 0. The second-order valence-electron chi connectivity index (χ2n) is 4.88. The Hall–Kier alpha value is -1.26. The van der Waals surface area contributed by atoms with Crippen LogP contribution in [0.4, 0.5) is 5.69 Å². The van der Waals surface area contributed by atoms with E-state index in [0.717, 1.165) is 36.5 Å². The van der Waals surface area contributed by atoms with Crippen molar-refractivity contribution in [1.82, 2.24) is 14.7 Å². The Morgan fingerprint density at radius 2 is 2.28 bits per heavy atom. The number of imidazole rings is 1. The highest BCUT2D eigenvalue weighted by Gasteiger charge is 2.20. The molecule has 0 aliphatic carbocycles. The molecule has 0 aromatic carbocycles. The monoisotopic (exact) mass is 264 g/mol. The van der Waals surface area contributed by atoms with Crippen molar-refractivity contribution < 1.29 is 0 Å². The molecular weight excluding hydrogens is 248 g/mol. The van der Waals surface area contributed by atoms with Crippen molar-refractivity contribution in [2.75, 3.05) is 18.8 Å². The quantitative estimate of drug-likeness (QED) is 0.832. The molecule has 3 heterocycles. The first kappa shape index (κ1) is 11.8. The minimum Gasteiger partial charge on any atom is -0.398 e. The Kier molecular flexibility index (Phi) is 3.14. The summed E-state index contributed by atoms with van der Waals surface area (Å²) in [4.78, 5) is 4.53. The third kappa shape index (κ3) is 2.06. The number of nitrogen functional groups attached to an aromatic ring is 1. The summed E-state index contributed by atoms with van der Waals surface area (Å²) in [5.74, 6) is 1.44. The molecule has 1 aliphatic heterocycles. The number of anilines is 1. The summed E-state index contributed by atoms with van der Waals surface area (Å²) in [5.41, 5.74) is 7.53. The van der Waals surface area contributed by atoms with Gasteiger partial charge in [0.15, 0.2) is 5.15 Å². The molecule has 2 aromatic heterocycles. The van der Waals surface area contributed by atoms with Gasteiger partial charge in [-0.3, -0.25) is 4.40 Å². The molecule has 1 atom stereocenters. The number of pyridine rings is 1. The molecule has 0 amide bonds. The minimum absolute atomic E-state index is 0.411. The van der Waals surface area contributed by atoms with Crippen molar-refractivity contribution in [3.63, 3.8) is 0 Å². The Morgan fingerprint density at radius 3 is 3.17 bits per heavy atom. The highest BCUT2D eigenvalue weighted by Crippen LogP contribution is 2.28. The summed E-state index contributed by atoms with van der Waals surface area (Å²) >= 11 is 6.20. The average Bonchev–Trinajstić information content (AvgIpc) is 2.58. The first-order chi connectivity index (χ1) is 8.75.